The first-order valence-electron chi connectivity index (χ1n) is 7.35. The largest absolute Gasteiger partial charge is 0.383 e. The summed E-state index contributed by atoms with van der Waals surface area (Å²) in [6.07, 6.45) is 10.1. The highest BCUT2D eigenvalue weighted by Crippen LogP contribution is 2.39. The van der Waals surface area contributed by atoms with Crippen LogP contribution in [-0.2, 0) is 11.2 Å². The second-order valence-electron chi connectivity index (χ2n) is 5.75. The molecule has 1 aromatic rings. The van der Waals surface area contributed by atoms with Crippen molar-refractivity contribution in [3.8, 4) is 0 Å². The summed E-state index contributed by atoms with van der Waals surface area (Å²) in [5, 5.41) is 4.77. The topological polar surface area (TPSA) is 34.1 Å². The van der Waals surface area contributed by atoms with Crippen LogP contribution >= 0.6 is 11.3 Å². The molecule has 0 bridgehead atoms. The molecule has 0 saturated heterocycles. The zero-order valence-corrected chi connectivity index (χ0v) is 13.0. The number of rotatable bonds is 7. The molecular weight excluding hydrogens is 256 g/mol. The highest BCUT2D eigenvalue weighted by atomic mass is 32.1. The van der Waals surface area contributed by atoms with Crippen molar-refractivity contribution in [2.45, 2.75) is 45.4 Å². The molecule has 0 amide bonds. The summed E-state index contributed by atoms with van der Waals surface area (Å²) in [5.74, 6) is 0. The lowest BCUT2D eigenvalue weighted by Crippen LogP contribution is -2.38. The molecule has 4 heteroatoms. The van der Waals surface area contributed by atoms with Crippen LogP contribution in [0.1, 0.15) is 42.0 Å². The third kappa shape index (κ3) is 4.55. The molecule has 1 aliphatic rings. The molecule has 0 aromatic carbocycles. The maximum absolute atomic E-state index is 5.12. The van der Waals surface area contributed by atoms with E-state index in [0.29, 0.717) is 5.41 Å². The summed E-state index contributed by atoms with van der Waals surface area (Å²) in [4.78, 5) is 5.85. The normalized spacial score (nSPS) is 18.6. The Hall–Kier alpha value is -0.450. The molecule has 1 saturated carbocycles. The second-order valence-corrected chi connectivity index (χ2v) is 7.07. The molecule has 0 radical (unpaired) electrons. The van der Waals surface area contributed by atoms with E-state index in [9.17, 15) is 0 Å². The van der Waals surface area contributed by atoms with E-state index >= 15 is 0 Å². The van der Waals surface area contributed by atoms with Gasteiger partial charge in [-0.1, -0.05) is 19.3 Å². The van der Waals surface area contributed by atoms with Crippen molar-refractivity contribution in [1.82, 2.24) is 10.3 Å². The Morgan fingerprint density at radius 1 is 1.37 bits per heavy atom. The van der Waals surface area contributed by atoms with Crippen molar-refractivity contribution >= 4 is 11.3 Å². The highest BCUT2D eigenvalue weighted by Gasteiger charge is 2.32. The minimum atomic E-state index is 0.449. The van der Waals surface area contributed by atoms with E-state index in [-0.39, 0.29) is 0 Å². The predicted molar refractivity (Wildman–Crippen MR) is 80.8 cm³/mol. The Morgan fingerprint density at radius 2 is 2.16 bits per heavy atom. The first kappa shape index (κ1) is 14.9. The Bertz CT molecular complexity index is 372. The molecular formula is C15H26N2OS. The van der Waals surface area contributed by atoms with Crippen LogP contribution in [0.4, 0.5) is 0 Å². The van der Waals surface area contributed by atoms with Gasteiger partial charge in [-0.2, -0.15) is 0 Å². The van der Waals surface area contributed by atoms with Crippen molar-refractivity contribution in [2.75, 3.05) is 26.8 Å². The number of ether oxygens (including phenoxy) is 1. The highest BCUT2D eigenvalue weighted by molar-refractivity contribution is 7.11. The first-order chi connectivity index (χ1) is 9.24. The van der Waals surface area contributed by atoms with Gasteiger partial charge in [0.05, 0.1) is 11.6 Å². The smallest absolute Gasteiger partial charge is 0.0896 e. The molecule has 1 aliphatic carbocycles. The average molecular weight is 282 g/mol. The summed E-state index contributed by atoms with van der Waals surface area (Å²) in [6, 6.07) is 0. The lowest BCUT2D eigenvalue weighted by atomic mass is 9.71. The Kier molecular flexibility index (Phi) is 5.79. The van der Waals surface area contributed by atoms with Gasteiger partial charge in [0.1, 0.15) is 0 Å². The number of nitrogens with zero attached hydrogens (tertiary/aromatic N) is 1. The van der Waals surface area contributed by atoms with E-state index in [4.69, 9.17) is 4.74 Å². The van der Waals surface area contributed by atoms with Crippen LogP contribution in [0, 0.1) is 12.3 Å². The van der Waals surface area contributed by atoms with Gasteiger partial charge in [0, 0.05) is 31.3 Å². The van der Waals surface area contributed by atoms with Gasteiger partial charge in [0.15, 0.2) is 0 Å². The fourth-order valence-corrected chi connectivity index (χ4v) is 4.07. The number of hydrogen-bond acceptors (Lipinski definition) is 4. The van der Waals surface area contributed by atoms with Gasteiger partial charge < -0.3 is 10.1 Å². The number of methoxy groups -OCH3 is 1. The van der Waals surface area contributed by atoms with E-state index in [2.05, 4.69) is 23.4 Å². The predicted octanol–water partition coefficient (Wildman–Crippen LogP) is 3.18. The third-order valence-corrected chi connectivity index (χ3v) is 5.03. The number of nitrogens with one attached hydrogen (secondary N) is 1. The van der Waals surface area contributed by atoms with E-state index in [1.54, 1.807) is 7.11 Å². The van der Waals surface area contributed by atoms with Crippen molar-refractivity contribution in [1.29, 1.82) is 0 Å². The van der Waals surface area contributed by atoms with Crippen LogP contribution < -0.4 is 5.32 Å². The summed E-state index contributed by atoms with van der Waals surface area (Å²) >= 11 is 1.86. The van der Waals surface area contributed by atoms with Crippen LogP contribution in [0.5, 0.6) is 0 Å². The number of aryl methyl sites for hydroxylation is 1. The van der Waals surface area contributed by atoms with Gasteiger partial charge in [-0.05, 0) is 31.6 Å². The van der Waals surface area contributed by atoms with Gasteiger partial charge >= 0.3 is 0 Å². The molecule has 1 heterocycles. The molecule has 2 rings (SSSR count). The van der Waals surface area contributed by atoms with Gasteiger partial charge in [-0.3, -0.25) is 0 Å². The molecule has 0 unspecified atom stereocenters. The van der Waals surface area contributed by atoms with E-state index in [0.717, 1.165) is 19.7 Å². The Labute approximate surface area is 120 Å². The van der Waals surface area contributed by atoms with Gasteiger partial charge in [0.25, 0.3) is 0 Å². The zero-order chi connectivity index (χ0) is 13.6. The van der Waals surface area contributed by atoms with Crippen molar-refractivity contribution in [2.24, 2.45) is 5.41 Å². The summed E-state index contributed by atoms with van der Waals surface area (Å²) in [6.45, 7) is 4.97. The summed E-state index contributed by atoms with van der Waals surface area (Å²) < 4.78 is 5.12. The third-order valence-electron chi connectivity index (χ3n) is 4.12. The maximum Gasteiger partial charge on any atom is 0.0896 e. The molecule has 0 atom stereocenters. The van der Waals surface area contributed by atoms with Crippen LogP contribution in [0.2, 0.25) is 0 Å². The van der Waals surface area contributed by atoms with Crippen LogP contribution in [0.15, 0.2) is 6.20 Å². The second kappa shape index (κ2) is 7.36. The first-order valence-corrected chi connectivity index (χ1v) is 8.17. The number of aromatic nitrogens is 1. The van der Waals surface area contributed by atoms with Crippen molar-refractivity contribution in [3.63, 3.8) is 0 Å². The quantitative estimate of drug-likeness (QED) is 0.780. The van der Waals surface area contributed by atoms with Gasteiger partial charge in [0.2, 0.25) is 0 Å². The van der Waals surface area contributed by atoms with E-state index in [1.165, 1.54) is 48.4 Å². The number of thiazole rings is 1. The molecule has 1 N–H and O–H groups in total. The SMILES string of the molecule is COCCNCC1(Cc2cnc(C)s2)CCCCC1. The van der Waals surface area contributed by atoms with Gasteiger partial charge in [-0.25, -0.2) is 4.98 Å². The minimum absolute atomic E-state index is 0.449. The lowest BCUT2D eigenvalue weighted by molar-refractivity contribution is 0.163. The van der Waals surface area contributed by atoms with Crippen LogP contribution in [0.25, 0.3) is 0 Å². The average Bonchev–Trinajstić information content (AvgIpc) is 2.81. The molecule has 0 spiro atoms. The molecule has 19 heavy (non-hydrogen) atoms. The molecule has 0 aliphatic heterocycles. The fourth-order valence-electron chi connectivity index (χ4n) is 3.10. The van der Waals surface area contributed by atoms with Crippen LogP contribution in [-0.4, -0.2) is 31.8 Å². The lowest BCUT2D eigenvalue weighted by Gasteiger charge is -2.37. The monoisotopic (exact) mass is 282 g/mol. The Balaban J connectivity index is 1.93. The molecule has 3 nitrogen and oxygen atoms in total. The Morgan fingerprint density at radius 3 is 2.79 bits per heavy atom. The molecule has 1 aromatic heterocycles. The van der Waals surface area contributed by atoms with E-state index in [1.807, 2.05) is 11.3 Å². The van der Waals surface area contributed by atoms with Crippen molar-refractivity contribution < 1.29 is 4.74 Å². The number of hydrogen-bond donors (Lipinski definition) is 1. The van der Waals surface area contributed by atoms with Crippen LogP contribution in [0.3, 0.4) is 0 Å². The van der Waals surface area contributed by atoms with Gasteiger partial charge in [-0.15, -0.1) is 11.3 Å². The zero-order valence-electron chi connectivity index (χ0n) is 12.2. The molecule has 108 valence electrons. The molecule has 1 fully saturated rings. The summed E-state index contributed by atoms with van der Waals surface area (Å²) in [7, 11) is 1.76. The standard InChI is InChI=1S/C15H26N2OS/c1-13-17-11-14(19-13)10-15(6-4-3-5-7-15)12-16-8-9-18-2/h11,16H,3-10,12H2,1-2H3. The fraction of sp³-hybridized carbons (Fsp3) is 0.800. The van der Waals surface area contributed by atoms with Crippen molar-refractivity contribution in [3.05, 3.63) is 16.1 Å². The van der Waals surface area contributed by atoms with E-state index < -0.39 is 0 Å². The minimum Gasteiger partial charge on any atom is -0.383 e. The maximum atomic E-state index is 5.12. The summed E-state index contributed by atoms with van der Waals surface area (Å²) in [5.41, 5.74) is 0.449.